The summed E-state index contributed by atoms with van der Waals surface area (Å²) in [5, 5.41) is 27.7. The zero-order chi connectivity index (χ0) is 18.8. The molecule has 1 heterocycles. The summed E-state index contributed by atoms with van der Waals surface area (Å²) in [6, 6.07) is 2.02. The predicted molar refractivity (Wildman–Crippen MR) is 88.0 cm³/mol. The van der Waals surface area contributed by atoms with Crippen molar-refractivity contribution in [2.24, 2.45) is 0 Å². The monoisotopic (exact) mass is 360 g/mol. The maximum Gasteiger partial charge on any atom is 0.338 e. The summed E-state index contributed by atoms with van der Waals surface area (Å²) in [6.07, 6.45) is 3.40. The first kappa shape index (κ1) is 17.7. The predicted octanol–water partition coefficient (Wildman–Crippen LogP) is 1.78. The fourth-order valence-corrected chi connectivity index (χ4v) is 3.29. The van der Waals surface area contributed by atoms with Crippen LogP contribution in [0.3, 0.4) is 0 Å². The van der Waals surface area contributed by atoms with E-state index in [0.717, 1.165) is 37.8 Å². The number of nitro benzene ring substituents is 1. The van der Waals surface area contributed by atoms with Crippen molar-refractivity contribution in [1.29, 1.82) is 0 Å². The molecule has 138 valence electrons. The van der Waals surface area contributed by atoms with E-state index in [9.17, 15) is 24.8 Å². The first-order valence-corrected chi connectivity index (χ1v) is 8.31. The van der Waals surface area contributed by atoms with E-state index in [1.165, 1.54) is 6.07 Å². The fraction of sp³-hybridized carbons (Fsp3) is 0.412. The highest BCUT2D eigenvalue weighted by molar-refractivity contribution is 5.95. The smallest absolute Gasteiger partial charge is 0.338 e. The van der Waals surface area contributed by atoms with Crippen LogP contribution in [0, 0.1) is 10.1 Å². The van der Waals surface area contributed by atoms with Gasteiger partial charge in [0, 0.05) is 11.8 Å². The number of hydrogen-bond donors (Lipinski definition) is 2. The van der Waals surface area contributed by atoms with Gasteiger partial charge in [0.15, 0.2) is 0 Å². The van der Waals surface area contributed by atoms with Crippen LogP contribution in [0.15, 0.2) is 29.5 Å². The number of rotatable bonds is 4. The maximum absolute atomic E-state index is 12.7. The molecule has 9 nitrogen and oxygen atoms in total. The van der Waals surface area contributed by atoms with E-state index in [1.807, 2.05) is 0 Å². The second-order valence-corrected chi connectivity index (χ2v) is 6.37. The minimum Gasteiger partial charge on any atom is -0.868 e. The van der Waals surface area contributed by atoms with Crippen LogP contribution in [0.5, 0.6) is 5.75 Å². The van der Waals surface area contributed by atoms with Gasteiger partial charge in [-0.05, 0) is 43.9 Å². The Hall–Kier alpha value is -3.10. The number of benzene rings is 1. The number of urea groups is 1. The minimum absolute atomic E-state index is 0.167. The summed E-state index contributed by atoms with van der Waals surface area (Å²) >= 11 is 0. The van der Waals surface area contributed by atoms with Crippen LogP contribution in [0.4, 0.5) is 10.5 Å². The summed E-state index contributed by atoms with van der Waals surface area (Å²) in [4.78, 5) is 34.8. The molecule has 3 rings (SSSR count). The second kappa shape index (κ2) is 7.03. The van der Waals surface area contributed by atoms with E-state index in [1.54, 1.807) is 6.92 Å². The first-order chi connectivity index (χ1) is 12.4. The number of nitrogens with one attached hydrogen (secondary N) is 2. The summed E-state index contributed by atoms with van der Waals surface area (Å²) in [5.74, 6) is -1.32. The van der Waals surface area contributed by atoms with Gasteiger partial charge in [0.25, 0.3) is 5.69 Å². The number of ether oxygens (including phenoxy) is 1. The average Bonchev–Trinajstić information content (AvgIpc) is 3.07. The van der Waals surface area contributed by atoms with E-state index >= 15 is 0 Å². The number of hydrogen-bond acceptors (Lipinski definition) is 6. The Balaban J connectivity index is 1.96. The molecule has 0 spiro atoms. The van der Waals surface area contributed by atoms with Gasteiger partial charge in [-0.2, -0.15) is 0 Å². The quantitative estimate of drug-likeness (QED) is 0.477. The standard InChI is InChI=1S/C17H19N3O6/c1-9-14(16(22)26-11-4-2-3-5-11)15(19-17(23)18-9)10-6-7-13(21)12(8-10)20(24)25/h6-8,11,15,21H,2-5H2,1H3,(H2,18,19,23)/p-1/t15-/m0/s1. The fourth-order valence-electron chi connectivity index (χ4n) is 3.29. The summed E-state index contributed by atoms with van der Waals surface area (Å²) in [7, 11) is 0. The van der Waals surface area contributed by atoms with Crippen molar-refractivity contribution in [3.63, 3.8) is 0 Å². The van der Waals surface area contributed by atoms with Gasteiger partial charge in [0.1, 0.15) is 6.10 Å². The molecule has 9 heteroatoms. The zero-order valence-electron chi connectivity index (χ0n) is 14.1. The Kier molecular flexibility index (Phi) is 4.79. The largest absolute Gasteiger partial charge is 0.868 e. The summed E-state index contributed by atoms with van der Waals surface area (Å²) in [6.45, 7) is 1.56. The first-order valence-electron chi connectivity index (χ1n) is 8.31. The highest BCUT2D eigenvalue weighted by atomic mass is 16.6. The topological polar surface area (TPSA) is 134 Å². The van der Waals surface area contributed by atoms with E-state index in [0.29, 0.717) is 5.70 Å². The van der Waals surface area contributed by atoms with E-state index < -0.39 is 34.4 Å². The molecular formula is C17H18N3O6-. The van der Waals surface area contributed by atoms with Crippen LogP contribution >= 0.6 is 0 Å². The molecule has 2 aliphatic rings. The van der Waals surface area contributed by atoms with Gasteiger partial charge in [0.2, 0.25) is 0 Å². The Bertz CT molecular complexity index is 798. The molecule has 1 atom stereocenters. The molecule has 1 aromatic carbocycles. The molecule has 26 heavy (non-hydrogen) atoms. The number of allylic oxidation sites excluding steroid dienone is 1. The van der Waals surface area contributed by atoms with Crippen LogP contribution in [-0.2, 0) is 9.53 Å². The van der Waals surface area contributed by atoms with Crippen molar-refractivity contribution in [2.75, 3.05) is 0 Å². The van der Waals surface area contributed by atoms with Crippen molar-refractivity contribution in [2.45, 2.75) is 44.8 Å². The molecule has 1 aliphatic heterocycles. The van der Waals surface area contributed by atoms with E-state index in [-0.39, 0.29) is 17.2 Å². The van der Waals surface area contributed by atoms with E-state index in [4.69, 9.17) is 4.74 Å². The van der Waals surface area contributed by atoms with Crippen molar-refractivity contribution >= 4 is 17.7 Å². The lowest BCUT2D eigenvalue weighted by molar-refractivity contribution is -0.398. The minimum atomic E-state index is -0.933. The van der Waals surface area contributed by atoms with Crippen LogP contribution in [-0.4, -0.2) is 23.0 Å². The van der Waals surface area contributed by atoms with Crippen molar-refractivity contribution in [1.82, 2.24) is 10.6 Å². The van der Waals surface area contributed by atoms with Gasteiger partial charge < -0.3 is 20.5 Å². The molecule has 0 bridgehead atoms. The molecule has 0 saturated heterocycles. The van der Waals surface area contributed by atoms with Crippen molar-refractivity contribution in [3.05, 3.63) is 45.1 Å². The highest BCUT2D eigenvalue weighted by Crippen LogP contribution is 2.33. The number of amides is 2. The molecule has 0 unspecified atom stereocenters. The Labute approximate surface area is 149 Å². The van der Waals surface area contributed by atoms with Gasteiger partial charge >= 0.3 is 12.0 Å². The SMILES string of the molecule is CC1=C(C(=O)OC2CCCC2)[C@H](c2ccc([O-])c([N+](=O)[O-])c2)NC(=O)N1. The summed E-state index contributed by atoms with van der Waals surface area (Å²) < 4.78 is 5.53. The highest BCUT2D eigenvalue weighted by Gasteiger charge is 2.34. The van der Waals surface area contributed by atoms with Gasteiger partial charge in [-0.3, -0.25) is 10.1 Å². The third-order valence-electron chi connectivity index (χ3n) is 4.58. The number of esters is 1. The number of carbonyl (C=O) groups excluding carboxylic acids is 2. The Morgan fingerprint density at radius 3 is 2.65 bits per heavy atom. The molecule has 0 radical (unpaired) electrons. The van der Waals surface area contributed by atoms with Crippen LogP contribution in [0.1, 0.15) is 44.2 Å². The van der Waals surface area contributed by atoms with Crippen molar-refractivity contribution < 1.29 is 24.4 Å². The molecule has 1 saturated carbocycles. The lowest BCUT2D eigenvalue weighted by atomic mass is 9.95. The molecule has 1 fully saturated rings. The third-order valence-corrected chi connectivity index (χ3v) is 4.58. The number of carbonyl (C=O) groups is 2. The summed E-state index contributed by atoms with van der Waals surface area (Å²) in [5.41, 5.74) is 0.139. The molecule has 0 aromatic heterocycles. The third kappa shape index (κ3) is 3.46. The average molecular weight is 360 g/mol. The molecule has 1 aliphatic carbocycles. The molecule has 2 N–H and O–H groups in total. The van der Waals surface area contributed by atoms with Crippen molar-refractivity contribution in [3.8, 4) is 5.75 Å². The van der Waals surface area contributed by atoms with Gasteiger partial charge in [-0.15, -0.1) is 0 Å². The van der Waals surface area contributed by atoms with Crippen LogP contribution in [0.2, 0.25) is 0 Å². The Morgan fingerprint density at radius 2 is 2.00 bits per heavy atom. The molecule has 1 aromatic rings. The van der Waals surface area contributed by atoms with Gasteiger partial charge in [0.05, 0.1) is 16.5 Å². The Morgan fingerprint density at radius 1 is 1.31 bits per heavy atom. The lowest BCUT2D eigenvalue weighted by Crippen LogP contribution is -2.45. The second-order valence-electron chi connectivity index (χ2n) is 6.37. The van der Waals surface area contributed by atoms with E-state index in [2.05, 4.69) is 10.6 Å². The van der Waals surface area contributed by atoms with Crippen LogP contribution < -0.4 is 15.7 Å². The van der Waals surface area contributed by atoms with Gasteiger partial charge in [-0.1, -0.05) is 12.1 Å². The van der Waals surface area contributed by atoms with Gasteiger partial charge in [-0.25, -0.2) is 9.59 Å². The van der Waals surface area contributed by atoms with Crippen LogP contribution in [0.25, 0.3) is 0 Å². The molecular weight excluding hydrogens is 342 g/mol. The zero-order valence-corrected chi connectivity index (χ0v) is 14.1. The normalized spacial score (nSPS) is 20.5. The number of nitrogens with zero attached hydrogens (tertiary/aromatic N) is 1. The number of nitro groups is 1. The maximum atomic E-state index is 12.7. The molecule has 2 amide bonds. The lowest BCUT2D eigenvalue weighted by Gasteiger charge is -2.29.